The van der Waals surface area contributed by atoms with Gasteiger partial charge in [0, 0.05) is 24.6 Å². The SMILES string of the molecule is CCC1C2=NC(C)CC=CN2c2cnc(-n3ccnc3-c3ccccc3F)nc2N1C1CCC1. The first-order valence-electron chi connectivity index (χ1n) is 12.1. The predicted molar refractivity (Wildman–Crippen MR) is 132 cm³/mol. The molecule has 3 aromatic rings. The molecule has 3 aliphatic rings. The van der Waals surface area contributed by atoms with Crippen LogP contribution in [0.2, 0.25) is 0 Å². The third kappa shape index (κ3) is 3.31. The Labute approximate surface area is 198 Å². The van der Waals surface area contributed by atoms with E-state index in [2.05, 4.69) is 40.9 Å². The van der Waals surface area contributed by atoms with Gasteiger partial charge < -0.3 is 4.90 Å². The molecule has 6 rings (SSSR count). The fraction of sp³-hybridized carbons (Fsp3) is 0.385. The largest absolute Gasteiger partial charge is 0.342 e. The van der Waals surface area contributed by atoms with Gasteiger partial charge in [0.25, 0.3) is 0 Å². The number of aliphatic imine (C=N–C) groups is 1. The molecule has 4 heterocycles. The molecule has 2 atom stereocenters. The van der Waals surface area contributed by atoms with E-state index < -0.39 is 0 Å². The number of anilines is 2. The highest BCUT2D eigenvalue weighted by Gasteiger charge is 2.42. The normalized spacial score (nSPS) is 22.0. The minimum absolute atomic E-state index is 0.152. The number of amidine groups is 1. The van der Waals surface area contributed by atoms with Crippen LogP contribution in [0.1, 0.15) is 46.0 Å². The number of rotatable bonds is 4. The van der Waals surface area contributed by atoms with Gasteiger partial charge in [-0.05, 0) is 51.2 Å². The Morgan fingerprint density at radius 3 is 2.76 bits per heavy atom. The smallest absolute Gasteiger partial charge is 0.237 e. The Bertz CT molecular complexity index is 1280. The number of aromatic nitrogens is 4. The van der Waals surface area contributed by atoms with Gasteiger partial charge in [-0.2, -0.15) is 4.98 Å². The zero-order chi connectivity index (χ0) is 23.2. The van der Waals surface area contributed by atoms with Crippen LogP contribution in [0.25, 0.3) is 17.3 Å². The maximum atomic E-state index is 14.6. The third-order valence-electron chi connectivity index (χ3n) is 7.03. The van der Waals surface area contributed by atoms with Crippen LogP contribution in [-0.4, -0.2) is 43.5 Å². The number of fused-ring (bicyclic) bond motifs is 3. The highest BCUT2D eigenvalue weighted by Crippen LogP contribution is 2.42. The fourth-order valence-electron chi connectivity index (χ4n) is 5.11. The molecule has 0 amide bonds. The van der Waals surface area contributed by atoms with Gasteiger partial charge in [0.1, 0.15) is 23.2 Å². The Kier molecular flexibility index (Phi) is 5.16. The molecule has 34 heavy (non-hydrogen) atoms. The van der Waals surface area contributed by atoms with Crippen molar-refractivity contribution in [2.75, 3.05) is 9.80 Å². The molecule has 0 radical (unpaired) electrons. The number of hydrogen-bond acceptors (Lipinski definition) is 6. The number of imidazole rings is 1. The molecular formula is C26H28FN7. The molecule has 0 spiro atoms. The molecule has 1 fully saturated rings. The van der Waals surface area contributed by atoms with Gasteiger partial charge in [-0.25, -0.2) is 14.4 Å². The van der Waals surface area contributed by atoms with Crippen LogP contribution in [0.15, 0.2) is 60.1 Å². The van der Waals surface area contributed by atoms with Crippen LogP contribution < -0.4 is 9.80 Å². The molecule has 2 aromatic heterocycles. The first kappa shape index (κ1) is 21.0. The molecule has 1 aromatic carbocycles. The first-order chi connectivity index (χ1) is 16.7. The summed E-state index contributed by atoms with van der Waals surface area (Å²) in [5.74, 6) is 2.64. The summed E-state index contributed by atoms with van der Waals surface area (Å²) in [5, 5.41) is 0. The second-order valence-corrected chi connectivity index (χ2v) is 9.22. The first-order valence-corrected chi connectivity index (χ1v) is 12.1. The van der Waals surface area contributed by atoms with Crippen LogP contribution in [-0.2, 0) is 0 Å². The maximum absolute atomic E-state index is 14.6. The van der Waals surface area contributed by atoms with Gasteiger partial charge in [-0.15, -0.1) is 0 Å². The van der Waals surface area contributed by atoms with Gasteiger partial charge in [0.05, 0.1) is 23.8 Å². The van der Waals surface area contributed by atoms with Gasteiger partial charge in [-0.3, -0.25) is 14.5 Å². The number of benzene rings is 1. The van der Waals surface area contributed by atoms with Crippen molar-refractivity contribution in [3.8, 4) is 17.3 Å². The standard InChI is InChI=1S/C26H28FN7/c1-3-21-24-30-17(2)8-7-14-32(24)22-16-29-26(31-25(22)34(21)18-9-6-10-18)33-15-13-28-23(33)19-11-4-5-12-20(19)27/h4-5,7,11-18,21H,3,6,8-10H2,1-2H3. The molecule has 7 nitrogen and oxygen atoms in total. The van der Waals surface area contributed by atoms with Crippen molar-refractivity contribution in [3.05, 3.63) is 60.9 Å². The summed E-state index contributed by atoms with van der Waals surface area (Å²) >= 11 is 0. The summed E-state index contributed by atoms with van der Waals surface area (Å²) < 4.78 is 16.3. The molecule has 0 bridgehead atoms. The summed E-state index contributed by atoms with van der Waals surface area (Å²) in [5.41, 5.74) is 1.37. The lowest BCUT2D eigenvalue weighted by Gasteiger charge is -2.49. The lowest BCUT2D eigenvalue weighted by atomic mass is 9.88. The lowest BCUT2D eigenvalue weighted by Crippen LogP contribution is -2.57. The van der Waals surface area contributed by atoms with E-state index in [4.69, 9.17) is 15.0 Å². The predicted octanol–water partition coefficient (Wildman–Crippen LogP) is 5.13. The summed E-state index contributed by atoms with van der Waals surface area (Å²) in [7, 11) is 0. The van der Waals surface area contributed by atoms with Crippen molar-refractivity contribution in [2.24, 2.45) is 4.99 Å². The van der Waals surface area contributed by atoms with Crippen molar-refractivity contribution in [1.29, 1.82) is 0 Å². The molecular weight excluding hydrogens is 429 g/mol. The number of hydrogen-bond donors (Lipinski definition) is 0. The number of halogens is 1. The zero-order valence-corrected chi connectivity index (χ0v) is 19.5. The van der Waals surface area contributed by atoms with Gasteiger partial charge in [-0.1, -0.05) is 25.1 Å². The summed E-state index contributed by atoms with van der Waals surface area (Å²) in [6, 6.07) is 7.49. The van der Waals surface area contributed by atoms with E-state index in [1.54, 1.807) is 29.1 Å². The highest BCUT2D eigenvalue weighted by molar-refractivity contribution is 6.09. The number of nitrogens with zero attached hydrogens (tertiary/aromatic N) is 7. The van der Waals surface area contributed by atoms with E-state index >= 15 is 0 Å². The second-order valence-electron chi connectivity index (χ2n) is 9.22. The fourth-order valence-corrected chi connectivity index (χ4v) is 5.11. The minimum atomic E-state index is -0.320. The Morgan fingerprint density at radius 2 is 2.00 bits per heavy atom. The van der Waals surface area contributed by atoms with Crippen molar-refractivity contribution in [2.45, 2.75) is 64.1 Å². The minimum Gasteiger partial charge on any atom is -0.342 e. The quantitative estimate of drug-likeness (QED) is 0.544. The zero-order valence-electron chi connectivity index (χ0n) is 19.5. The van der Waals surface area contributed by atoms with Crippen molar-refractivity contribution >= 4 is 17.3 Å². The Hall–Kier alpha value is -3.55. The van der Waals surface area contributed by atoms with Gasteiger partial charge >= 0.3 is 0 Å². The molecule has 1 aliphatic carbocycles. The van der Waals surface area contributed by atoms with E-state index in [0.717, 1.165) is 43.0 Å². The molecule has 0 saturated heterocycles. The third-order valence-corrected chi connectivity index (χ3v) is 7.03. The van der Waals surface area contributed by atoms with E-state index in [9.17, 15) is 4.39 Å². The van der Waals surface area contributed by atoms with Crippen LogP contribution in [0.5, 0.6) is 0 Å². The Morgan fingerprint density at radius 1 is 1.15 bits per heavy atom. The molecule has 2 unspecified atom stereocenters. The van der Waals surface area contributed by atoms with Crippen molar-refractivity contribution in [3.63, 3.8) is 0 Å². The average molecular weight is 458 g/mol. The van der Waals surface area contributed by atoms with Gasteiger partial charge in [0.2, 0.25) is 5.95 Å². The van der Waals surface area contributed by atoms with Crippen molar-refractivity contribution < 1.29 is 4.39 Å². The topological polar surface area (TPSA) is 62.4 Å². The molecule has 2 aliphatic heterocycles. The van der Waals surface area contributed by atoms with Crippen LogP contribution >= 0.6 is 0 Å². The maximum Gasteiger partial charge on any atom is 0.237 e. The van der Waals surface area contributed by atoms with E-state index in [-0.39, 0.29) is 17.9 Å². The summed E-state index contributed by atoms with van der Waals surface area (Å²) in [6.45, 7) is 4.38. The molecule has 0 N–H and O–H groups in total. The van der Waals surface area contributed by atoms with E-state index in [1.165, 1.54) is 12.5 Å². The second kappa shape index (κ2) is 8.34. The van der Waals surface area contributed by atoms with E-state index in [0.29, 0.717) is 23.4 Å². The van der Waals surface area contributed by atoms with Crippen LogP contribution in [0.4, 0.5) is 15.9 Å². The van der Waals surface area contributed by atoms with Crippen LogP contribution in [0, 0.1) is 5.82 Å². The highest BCUT2D eigenvalue weighted by atomic mass is 19.1. The molecule has 8 heteroatoms. The van der Waals surface area contributed by atoms with E-state index in [1.807, 2.05) is 12.3 Å². The summed E-state index contributed by atoms with van der Waals surface area (Å²) in [4.78, 5) is 23.9. The van der Waals surface area contributed by atoms with Crippen molar-refractivity contribution in [1.82, 2.24) is 19.5 Å². The van der Waals surface area contributed by atoms with Crippen LogP contribution in [0.3, 0.4) is 0 Å². The molecule has 174 valence electrons. The molecule has 1 saturated carbocycles. The Balaban J connectivity index is 1.51. The average Bonchev–Trinajstić information content (AvgIpc) is 3.21. The van der Waals surface area contributed by atoms with Gasteiger partial charge in [0.15, 0.2) is 5.82 Å². The summed E-state index contributed by atoms with van der Waals surface area (Å²) in [6.07, 6.45) is 15.0. The monoisotopic (exact) mass is 457 g/mol. The lowest BCUT2D eigenvalue weighted by molar-refractivity contribution is 0.369.